The van der Waals surface area contributed by atoms with Gasteiger partial charge in [-0.25, -0.2) is 0 Å². The summed E-state index contributed by atoms with van der Waals surface area (Å²) < 4.78 is 44.4. The number of hydrogen-bond donors (Lipinski definition) is 1. The molecule has 1 aromatic carbocycles. The van der Waals surface area contributed by atoms with Crippen LogP contribution in [0.25, 0.3) is 0 Å². The number of anilines is 1. The average Bonchev–Trinajstić information content (AvgIpc) is 2.38. The van der Waals surface area contributed by atoms with Gasteiger partial charge in [0.15, 0.2) is 0 Å². The van der Waals surface area contributed by atoms with Crippen LogP contribution in [0.3, 0.4) is 0 Å². The van der Waals surface area contributed by atoms with Gasteiger partial charge in [-0.15, -0.1) is 0 Å². The average molecular weight is 274 g/mol. The molecule has 106 valence electrons. The van der Waals surface area contributed by atoms with Crippen LogP contribution in [0, 0.1) is 0 Å². The molecule has 2 rings (SSSR count). The van der Waals surface area contributed by atoms with Gasteiger partial charge in [-0.05, 0) is 19.1 Å². The Bertz CT molecular complexity index is 434. The number of nitrogens with two attached hydrogens (primary N) is 1. The van der Waals surface area contributed by atoms with E-state index in [1.54, 1.807) is 17.9 Å². The number of rotatable bonds is 2. The van der Waals surface area contributed by atoms with Gasteiger partial charge in [-0.2, -0.15) is 13.2 Å². The Morgan fingerprint density at radius 2 is 2.05 bits per heavy atom. The number of morpholine rings is 1. The highest BCUT2D eigenvalue weighted by Gasteiger charge is 2.35. The summed E-state index contributed by atoms with van der Waals surface area (Å²) in [6.45, 7) is 3.00. The molecule has 1 fully saturated rings. The normalized spacial score (nSPS) is 22.4. The first-order valence-electron chi connectivity index (χ1n) is 6.18. The monoisotopic (exact) mass is 274 g/mol. The van der Waals surface area contributed by atoms with Crippen LogP contribution in [0.4, 0.5) is 18.9 Å². The Morgan fingerprint density at radius 3 is 2.68 bits per heavy atom. The van der Waals surface area contributed by atoms with Crippen molar-refractivity contribution in [2.45, 2.75) is 25.2 Å². The van der Waals surface area contributed by atoms with E-state index in [0.29, 0.717) is 19.7 Å². The van der Waals surface area contributed by atoms with E-state index in [4.69, 9.17) is 10.5 Å². The van der Waals surface area contributed by atoms with Gasteiger partial charge in [-0.3, -0.25) is 0 Å². The van der Waals surface area contributed by atoms with Crippen LogP contribution < -0.4 is 10.6 Å². The highest BCUT2D eigenvalue weighted by Crippen LogP contribution is 2.36. The van der Waals surface area contributed by atoms with Crippen LogP contribution in [-0.4, -0.2) is 31.8 Å². The molecule has 0 aliphatic carbocycles. The predicted molar refractivity (Wildman–Crippen MR) is 67.0 cm³/mol. The van der Waals surface area contributed by atoms with Crippen molar-refractivity contribution in [1.29, 1.82) is 0 Å². The van der Waals surface area contributed by atoms with Gasteiger partial charge < -0.3 is 15.4 Å². The lowest BCUT2D eigenvalue weighted by Gasteiger charge is -2.37. The number of nitrogens with zero attached hydrogens (tertiary/aromatic N) is 1. The number of para-hydroxylation sites is 1. The fourth-order valence-electron chi connectivity index (χ4n) is 2.20. The van der Waals surface area contributed by atoms with Gasteiger partial charge >= 0.3 is 6.18 Å². The number of halogens is 3. The molecule has 1 aliphatic rings. The summed E-state index contributed by atoms with van der Waals surface area (Å²) in [7, 11) is 0. The largest absolute Gasteiger partial charge is 0.418 e. The Balaban J connectivity index is 2.27. The molecule has 0 saturated carbocycles. The van der Waals surface area contributed by atoms with Gasteiger partial charge in [0, 0.05) is 24.8 Å². The lowest BCUT2D eigenvalue weighted by molar-refractivity contribution is -0.137. The molecule has 0 bridgehead atoms. The van der Waals surface area contributed by atoms with E-state index in [9.17, 15) is 13.2 Å². The van der Waals surface area contributed by atoms with E-state index in [1.807, 2.05) is 0 Å². The van der Waals surface area contributed by atoms with Crippen LogP contribution in [0.1, 0.15) is 12.5 Å². The zero-order valence-corrected chi connectivity index (χ0v) is 10.7. The summed E-state index contributed by atoms with van der Waals surface area (Å²) in [6.07, 6.45) is -4.59. The summed E-state index contributed by atoms with van der Waals surface area (Å²) in [5.74, 6) is 0. The summed E-state index contributed by atoms with van der Waals surface area (Å²) in [6, 6.07) is 5.40. The molecule has 6 heteroatoms. The second-order valence-electron chi connectivity index (χ2n) is 4.73. The summed E-state index contributed by atoms with van der Waals surface area (Å²) in [5.41, 5.74) is 5.34. The molecule has 0 radical (unpaired) electrons. The van der Waals surface area contributed by atoms with Gasteiger partial charge in [0.1, 0.15) is 0 Å². The Morgan fingerprint density at radius 1 is 1.37 bits per heavy atom. The predicted octanol–water partition coefficient (Wildman–Crippen LogP) is 2.26. The number of hydrogen-bond acceptors (Lipinski definition) is 3. The van der Waals surface area contributed by atoms with Crippen LogP contribution >= 0.6 is 0 Å². The van der Waals surface area contributed by atoms with E-state index in [-0.39, 0.29) is 17.8 Å². The topological polar surface area (TPSA) is 38.5 Å². The smallest absolute Gasteiger partial charge is 0.373 e. The molecular weight excluding hydrogens is 257 g/mol. The van der Waals surface area contributed by atoms with E-state index >= 15 is 0 Å². The quantitative estimate of drug-likeness (QED) is 0.899. The number of ether oxygens (including phenoxy) is 1. The molecule has 1 aromatic rings. The molecule has 0 amide bonds. The molecule has 0 aromatic heterocycles. The molecule has 3 nitrogen and oxygen atoms in total. The number of alkyl halides is 3. The molecule has 1 saturated heterocycles. The molecular formula is C13H17F3N2O. The maximum atomic E-state index is 13.0. The van der Waals surface area contributed by atoms with Crippen LogP contribution in [0.2, 0.25) is 0 Å². The first kappa shape index (κ1) is 14.1. The van der Waals surface area contributed by atoms with Crippen molar-refractivity contribution in [1.82, 2.24) is 0 Å². The Kier molecular flexibility index (Phi) is 4.01. The molecule has 1 aliphatic heterocycles. The maximum Gasteiger partial charge on any atom is 0.418 e. The number of benzene rings is 1. The van der Waals surface area contributed by atoms with Gasteiger partial charge in [0.25, 0.3) is 0 Å². The Labute approximate surface area is 110 Å². The summed E-state index contributed by atoms with van der Waals surface area (Å²) in [4.78, 5) is 1.69. The van der Waals surface area contributed by atoms with Crippen molar-refractivity contribution >= 4 is 5.69 Å². The second-order valence-corrected chi connectivity index (χ2v) is 4.73. The molecule has 2 unspecified atom stereocenters. The van der Waals surface area contributed by atoms with Crippen LogP contribution in [-0.2, 0) is 10.9 Å². The first-order chi connectivity index (χ1) is 8.89. The van der Waals surface area contributed by atoms with Gasteiger partial charge in [-0.1, -0.05) is 12.1 Å². The third-order valence-electron chi connectivity index (χ3n) is 3.23. The molecule has 2 atom stereocenters. The van der Waals surface area contributed by atoms with Crippen molar-refractivity contribution in [3.05, 3.63) is 29.8 Å². The minimum atomic E-state index is -4.35. The van der Waals surface area contributed by atoms with Crippen molar-refractivity contribution in [2.75, 3.05) is 24.6 Å². The zero-order chi connectivity index (χ0) is 14.0. The minimum absolute atomic E-state index is 0.198. The van der Waals surface area contributed by atoms with Crippen molar-refractivity contribution in [3.8, 4) is 0 Å². The standard InChI is InChI=1S/C13H17F3N2O/c1-9(17)12-8-18(6-7-19-12)11-5-3-2-4-10(11)13(14,15)16/h2-5,9,12H,6-8,17H2,1H3. The fraction of sp³-hybridized carbons (Fsp3) is 0.538. The lowest BCUT2D eigenvalue weighted by atomic mass is 10.1. The van der Waals surface area contributed by atoms with Crippen LogP contribution in [0.5, 0.6) is 0 Å². The van der Waals surface area contributed by atoms with E-state index in [2.05, 4.69) is 0 Å². The van der Waals surface area contributed by atoms with E-state index in [1.165, 1.54) is 12.1 Å². The van der Waals surface area contributed by atoms with Crippen molar-refractivity contribution in [2.24, 2.45) is 5.73 Å². The van der Waals surface area contributed by atoms with Crippen LogP contribution in [0.15, 0.2) is 24.3 Å². The van der Waals surface area contributed by atoms with E-state index < -0.39 is 11.7 Å². The van der Waals surface area contributed by atoms with Gasteiger partial charge in [0.05, 0.1) is 18.3 Å². The minimum Gasteiger partial charge on any atom is -0.373 e. The first-order valence-corrected chi connectivity index (χ1v) is 6.18. The van der Waals surface area contributed by atoms with E-state index in [0.717, 1.165) is 6.07 Å². The fourth-order valence-corrected chi connectivity index (χ4v) is 2.20. The second kappa shape index (κ2) is 5.38. The summed E-state index contributed by atoms with van der Waals surface area (Å²) >= 11 is 0. The van der Waals surface area contributed by atoms with Gasteiger partial charge in [0.2, 0.25) is 0 Å². The van der Waals surface area contributed by atoms with Crippen molar-refractivity contribution in [3.63, 3.8) is 0 Å². The summed E-state index contributed by atoms with van der Waals surface area (Å²) in [5, 5.41) is 0. The highest BCUT2D eigenvalue weighted by atomic mass is 19.4. The third kappa shape index (κ3) is 3.19. The maximum absolute atomic E-state index is 13.0. The lowest BCUT2D eigenvalue weighted by Crippen LogP contribution is -2.50. The Hall–Kier alpha value is -1.27. The molecule has 19 heavy (non-hydrogen) atoms. The molecule has 0 spiro atoms. The molecule has 2 N–H and O–H groups in total. The third-order valence-corrected chi connectivity index (χ3v) is 3.23. The zero-order valence-electron chi connectivity index (χ0n) is 10.7. The highest BCUT2D eigenvalue weighted by molar-refractivity contribution is 5.55. The SMILES string of the molecule is CC(N)C1CN(c2ccccc2C(F)(F)F)CCO1. The van der Waals surface area contributed by atoms with Crippen molar-refractivity contribution < 1.29 is 17.9 Å². The molecule has 1 heterocycles.